The number of carbonyl (C=O) groups is 1. The Morgan fingerprint density at radius 2 is 2.06 bits per heavy atom. The Morgan fingerprint density at radius 1 is 1.39 bits per heavy atom. The van der Waals surface area contributed by atoms with Crippen molar-refractivity contribution in [3.63, 3.8) is 0 Å². The maximum absolute atomic E-state index is 10.8. The van der Waals surface area contributed by atoms with Gasteiger partial charge in [-0.1, -0.05) is 32.4 Å². The number of nitrogens with one attached hydrogen (secondary N) is 1. The molecule has 1 aromatic rings. The van der Waals surface area contributed by atoms with Gasteiger partial charge in [0.25, 0.3) is 0 Å². The van der Waals surface area contributed by atoms with E-state index in [1.165, 1.54) is 11.8 Å². The average Bonchev–Trinajstić information content (AvgIpc) is 2.36. The molecular formula is C14H22N2OS. The predicted molar refractivity (Wildman–Crippen MR) is 78.9 cm³/mol. The van der Waals surface area contributed by atoms with Crippen LogP contribution in [-0.4, -0.2) is 17.7 Å². The van der Waals surface area contributed by atoms with Gasteiger partial charge in [-0.3, -0.25) is 4.79 Å². The maximum Gasteiger partial charge on any atom is 0.227 e. The van der Waals surface area contributed by atoms with Crippen LogP contribution in [-0.2, 0) is 4.79 Å². The molecule has 0 fully saturated rings. The minimum Gasteiger partial charge on any atom is -0.381 e. The molecule has 3 N–H and O–H groups in total. The molecule has 0 aliphatic carbocycles. The van der Waals surface area contributed by atoms with E-state index in [4.69, 9.17) is 5.73 Å². The van der Waals surface area contributed by atoms with Crippen molar-refractivity contribution in [1.29, 1.82) is 0 Å². The number of anilines is 1. The van der Waals surface area contributed by atoms with Crippen molar-refractivity contribution in [1.82, 2.24) is 0 Å². The van der Waals surface area contributed by atoms with Crippen molar-refractivity contribution >= 4 is 23.4 Å². The van der Waals surface area contributed by atoms with Crippen LogP contribution in [0.1, 0.15) is 27.2 Å². The zero-order chi connectivity index (χ0) is 13.5. The summed E-state index contributed by atoms with van der Waals surface area (Å²) in [5, 5.41) is 3.51. The SMILES string of the molecule is CCC(C)C(C)Nc1ccccc1SCC(N)=O. The van der Waals surface area contributed by atoms with E-state index in [9.17, 15) is 4.79 Å². The van der Waals surface area contributed by atoms with Crippen molar-refractivity contribution < 1.29 is 4.79 Å². The summed E-state index contributed by atoms with van der Waals surface area (Å²) in [6.45, 7) is 6.61. The van der Waals surface area contributed by atoms with Crippen LogP contribution in [0.15, 0.2) is 29.2 Å². The number of primary amides is 1. The number of benzene rings is 1. The molecule has 4 heteroatoms. The molecule has 2 atom stereocenters. The summed E-state index contributed by atoms with van der Waals surface area (Å²) in [5.74, 6) is 0.639. The zero-order valence-electron chi connectivity index (χ0n) is 11.3. The quantitative estimate of drug-likeness (QED) is 0.746. The summed E-state index contributed by atoms with van der Waals surface area (Å²) in [6.07, 6.45) is 1.14. The van der Waals surface area contributed by atoms with Gasteiger partial charge in [-0.25, -0.2) is 0 Å². The number of nitrogens with two attached hydrogens (primary N) is 1. The normalized spacial score (nSPS) is 13.9. The third-order valence-electron chi connectivity index (χ3n) is 3.14. The first-order valence-electron chi connectivity index (χ1n) is 6.31. The van der Waals surface area contributed by atoms with Crippen molar-refractivity contribution in [3.8, 4) is 0 Å². The van der Waals surface area contributed by atoms with Crippen LogP contribution >= 0.6 is 11.8 Å². The number of carbonyl (C=O) groups excluding carboxylic acids is 1. The second kappa shape index (κ2) is 7.31. The first kappa shape index (κ1) is 14.9. The van der Waals surface area contributed by atoms with Crippen LogP contribution in [0.25, 0.3) is 0 Å². The standard InChI is InChI=1S/C14H22N2OS/c1-4-10(2)11(3)16-12-7-5-6-8-13(12)18-9-14(15)17/h5-8,10-11,16H,4,9H2,1-3H3,(H2,15,17). The minimum atomic E-state index is -0.287. The molecule has 1 amide bonds. The first-order chi connectivity index (χ1) is 8.54. The lowest BCUT2D eigenvalue weighted by Crippen LogP contribution is -2.23. The monoisotopic (exact) mass is 266 g/mol. The molecule has 1 aromatic carbocycles. The van der Waals surface area contributed by atoms with Crippen molar-refractivity contribution in [2.75, 3.05) is 11.1 Å². The highest BCUT2D eigenvalue weighted by molar-refractivity contribution is 8.00. The minimum absolute atomic E-state index is 0.287. The molecule has 0 radical (unpaired) electrons. The van der Waals surface area contributed by atoms with Crippen LogP contribution < -0.4 is 11.1 Å². The van der Waals surface area contributed by atoms with Crippen molar-refractivity contribution in [2.45, 2.75) is 38.1 Å². The average molecular weight is 266 g/mol. The number of hydrogen-bond donors (Lipinski definition) is 2. The van der Waals surface area contributed by atoms with Gasteiger partial charge in [0.05, 0.1) is 5.75 Å². The first-order valence-corrected chi connectivity index (χ1v) is 7.29. The second-order valence-corrected chi connectivity index (χ2v) is 5.59. The fourth-order valence-corrected chi connectivity index (χ4v) is 2.36. The fraction of sp³-hybridized carbons (Fsp3) is 0.500. The van der Waals surface area contributed by atoms with E-state index in [1.807, 2.05) is 24.3 Å². The summed E-state index contributed by atoms with van der Waals surface area (Å²) in [6, 6.07) is 8.44. The predicted octanol–water partition coefficient (Wildman–Crippen LogP) is 3.11. The summed E-state index contributed by atoms with van der Waals surface area (Å²) < 4.78 is 0. The Balaban J connectivity index is 2.72. The van der Waals surface area contributed by atoms with Gasteiger partial charge < -0.3 is 11.1 Å². The Kier molecular flexibility index (Phi) is 6.05. The lowest BCUT2D eigenvalue weighted by molar-refractivity contribution is -0.115. The highest BCUT2D eigenvalue weighted by atomic mass is 32.2. The molecule has 3 nitrogen and oxygen atoms in total. The Labute approximate surface area is 114 Å². The van der Waals surface area contributed by atoms with E-state index >= 15 is 0 Å². The third-order valence-corrected chi connectivity index (χ3v) is 4.23. The number of rotatable bonds is 7. The summed E-state index contributed by atoms with van der Waals surface area (Å²) in [4.78, 5) is 11.9. The molecule has 2 unspecified atom stereocenters. The van der Waals surface area contributed by atoms with E-state index in [-0.39, 0.29) is 5.91 Å². The lowest BCUT2D eigenvalue weighted by atomic mass is 10.0. The topological polar surface area (TPSA) is 55.1 Å². The number of thioether (sulfide) groups is 1. The highest BCUT2D eigenvalue weighted by Crippen LogP contribution is 2.28. The van der Waals surface area contributed by atoms with Gasteiger partial charge in [-0.2, -0.15) is 0 Å². The van der Waals surface area contributed by atoms with E-state index in [1.54, 1.807) is 0 Å². The fourth-order valence-electron chi connectivity index (χ4n) is 1.60. The summed E-state index contributed by atoms with van der Waals surface area (Å²) in [7, 11) is 0. The van der Waals surface area contributed by atoms with Crippen LogP contribution in [0, 0.1) is 5.92 Å². The van der Waals surface area contributed by atoms with Gasteiger partial charge in [0, 0.05) is 16.6 Å². The molecule has 100 valence electrons. The molecule has 0 bridgehead atoms. The molecular weight excluding hydrogens is 244 g/mol. The molecule has 0 aromatic heterocycles. The molecule has 0 spiro atoms. The lowest BCUT2D eigenvalue weighted by Gasteiger charge is -2.22. The second-order valence-electron chi connectivity index (χ2n) is 4.57. The van der Waals surface area contributed by atoms with E-state index in [2.05, 4.69) is 26.1 Å². The van der Waals surface area contributed by atoms with Gasteiger partial charge >= 0.3 is 0 Å². The molecule has 0 heterocycles. The van der Waals surface area contributed by atoms with Crippen LogP contribution in [0.5, 0.6) is 0 Å². The van der Waals surface area contributed by atoms with Gasteiger partial charge in [-0.15, -0.1) is 11.8 Å². The Hall–Kier alpha value is -1.16. The van der Waals surface area contributed by atoms with Crippen LogP contribution in [0.2, 0.25) is 0 Å². The Morgan fingerprint density at radius 3 is 2.67 bits per heavy atom. The van der Waals surface area contributed by atoms with Crippen molar-refractivity contribution in [3.05, 3.63) is 24.3 Å². The van der Waals surface area contributed by atoms with Gasteiger partial charge in [0.15, 0.2) is 0 Å². The maximum atomic E-state index is 10.8. The number of amides is 1. The summed E-state index contributed by atoms with van der Waals surface area (Å²) in [5.41, 5.74) is 6.26. The largest absolute Gasteiger partial charge is 0.381 e. The highest BCUT2D eigenvalue weighted by Gasteiger charge is 2.12. The molecule has 1 rings (SSSR count). The van der Waals surface area contributed by atoms with Crippen LogP contribution in [0.4, 0.5) is 5.69 Å². The van der Waals surface area contributed by atoms with E-state index in [0.29, 0.717) is 17.7 Å². The molecule has 0 saturated heterocycles. The molecule has 0 saturated carbocycles. The zero-order valence-corrected chi connectivity index (χ0v) is 12.1. The number of para-hydroxylation sites is 1. The summed E-state index contributed by atoms with van der Waals surface area (Å²) >= 11 is 1.48. The van der Waals surface area contributed by atoms with Crippen molar-refractivity contribution in [2.24, 2.45) is 11.7 Å². The van der Waals surface area contributed by atoms with Gasteiger partial charge in [0.2, 0.25) is 5.91 Å². The van der Waals surface area contributed by atoms with Gasteiger partial charge in [0.1, 0.15) is 0 Å². The number of hydrogen-bond acceptors (Lipinski definition) is 3. The van der Waals surface area contributed by atoms with E-state index in [0.717, 1.165) is 17.0 Å². The van der Waals surface area contributed by atoms with E-state index < -0.39 is 0 Å². The van der Waals surface area contributed by atoms with Crippen LogP contribution in [0.3, 0.4) is 0 Å². The third kappa shape index (κ3) is 4.61. The molecule has 0 aliphatic heterocycles. The Bertz CT molecular complexity index is 395. The smallest absolute Gasteiger partial charge is 0.227 e. The molecule has 0 aliphatic rings. The van der Waals surface area contributed by atoms with Gasteiger partial charge in [-0.05, 0) is 25.0 Å². The molecule has 18 heavy (non-hydrogen) atoms.